The molecule has 1 N–H and O–H groups in total. The van der Waals surface area contributed by atoms with E-state index in [9.17, 15) is 0 Å². The summed E-state index contributed by atoms with van der Waals surface area (Å²) < 4.78 is 0. The first kappa shape index (κ1) is 11.7. The van der Waals surface area contributed by atoms with Gasteiger partial charge in [0, 0.05) is 0 Å². The Hall–Kier alpha value is -0.820. The minimum Gasteiger partial charge on any atom is -0.319 e. The highest BCUT2D eigenvalue weighted by Gasteiger charge is 2.27. The first-order valence-corrected chi connectivity index (χ1v) is 6.43. The molecule has 0 bridgehead atoms. The predicted octanol–water partition coefficient (Wildman–Crippen LogP) is 3.41. The molecule has 2 atom stereocenters. The summed E-state index contributed by atoms with van der Waals surface area (Å²) in [5, 5.41) is 3.34. The Morgan fingerprint density at radius 1 is 1.12 bits per heavy atom. The smallest absolute Gasteiger partial charge is 0.00177 e. The predicted molar refractivity (Wildman–Crippen MR) is 69.9 cm³/mol. The fourth-order valence-corrected chi connectivity index (χ4v) is 3.21. The van der Waals surface area contributed by atoms with Crippen molar-refractivity contribution in [2.75, 3.05) is 13.6 Å². The molecule has 2 rings (SSSR count). The second kappa shape index (κ2) is 5.01. The molecule has 1 nitrogen and oxygen atoms in total. The lowest BCUT2D eigenvalue weighted by Gasteiger charge is -2.20. The fraction of sp³-hybridized carbons (Fsp3) is 0.600. The topological polar surface area (TPSA) is 12.0 Å². The zero-order valence-corrected chi connectivity index (χ0v) is 10.7. The van der Waals surface area contributed by atoms with Gasteiger partial charge in [0.05, 0.1) is 0 Å². The summed E-state index contributed by atoms with van der Waals surface area (Å²) >= 11 is 0. The van der Waals surface area contributed by atoms with Gasteiger partial charge in [-0.3, -0.25) is 0 Å². The summed E-state index contributed by atoms with van der Waals surface area (Å²) in [5.74, 6) is 1.62. The zero-order valence-electron chi connectivity index (χ0n) is 10.7. The summed E-state index contributed by atoms with van der Waals surface area (Å²) in [4.78, 5) is 0. The lowest BCUT2D eigenvalue weighted by molar-refractivity contribution is 0.462. The second-order valence-electron chi connectivity index (χ2n) is 5.28. The molecule has 0 radical (unpaired) electrons. The van der Waals surface area contributed by atoms with Crippen LogP contribution in [0.4, 0.5) is 0 Å². The molecule has 16 heavy (non-hydrogen) atoms. The molecule has 1 aliphatic rings. The number of aryl methyl sites for hydroxylation is 2. The Bertz CT molecular complexity index is 336. The van der Waals surface area contributed by atoms with Crippen molar-refractivity contribution in [2.24, 2.45) is 5.92 Å². The van der Waals surface area contributed by atoms with Crippen LogP contribution in [0.5, 0.6) is 0 Å². The molecule has 0 saturated heterocycles. The van der Waals surface area contributed by atoms with Gasteiger partial charge in [0.25, 0.3) is 0 Å². The van der Waals surface area contributed by atoms with E-state index in [1.54, 1.807) is 5.56 Å². The molecule has 0 aliphatic heterocycles. The zero-order chi connectivity index (χ0) is 11.5. The maximum atomic E-state index is 3.34. The highest BCUT2D eigenvalue weighted by Crippen LogP contribution is 2.39. The quantitative estimate of drug-likeness (QED) is 0.818. The fourth-order valence-electron chi connectivity index (χ4n) is 3.21. The lowest BCUT2D eigenvalue weighted by atomic mass is 9.87. The molecule has 0 heterocycles. The van der Waals surface area contributed by atoms with Crippen molar-refractivity contribution in [3.05, 3.63) is 34.9 Å². The van der Waals surface area contributed by atoms with E-state index in [0.29, 0.717) is 0 Å². The third kappa shape index (κ3) is 2.46. The van der Waals surface area contributed by atoms with Crippen LogP contribution in [0.15, 0.2) is 18.2 Å². The Balaban J connectivity index is 2.21. The van der Waals surface area contributed by atoms with Gasteiger partial charge in [0.2, 0.25) is 0 Å². The van der Waals surface area contributed by atoms with Crippen molar-refractivity contribution >= 4 is 0 Å². The maximum absolute atomic E-state index is 3.34. The standard InChI is InChI=1S/C15H23N/c1-11-7-12(2)9-14(8-11)15-6-4-5-13(15)10-16-3/h7-9,13,15-16H,4-6,10H2,1-3H3. The van der Waals surface area contributed by atoms with Gasteiger partial charge in [-0.05, 0) is 57.7 Å². The van der Waals surface area contributed by atoms with E-state index >= 15 is 0 Å². The SMILES string of the molecule is CNCC1CCCC1c1cc(C)cc(C)c1. The van der Waals surface area contributed by atoms with Crippen LogP contribution in [-0.4, -0.2) is 13.6 Å². The minimum atomic E-state index is 0.783. The molecule has 88 valence electrons. The molecule has 1 aromatic carbocycles. The van der Waals surface area contributed by atoms with Crippen LogP contribution >= 0.6 is 0 Å². The summed E-state index contributed by atoms with van der Waals surface area (Å²) in [7, 11) is 2.07. The van der Waals surface area contributed by atoms with Crippen LogP contribution in [0.2, 0.25) is 0 Å². The van der Waals surface area contributed by atoms with Gasteiger partial charge in [-0.15, -0.1) is 0 Å². The third-order valence-electron chi connectivity index (χ3n) is 3.80. The normalized spacial score (nSPS) is 24.9. The average molecular weight is 217 g/mol. The molecule has 0 spiro atoms. The third-order valence-corrected chi connectivity index (χ3v) is 3.80. The van der Waals surface area contributed by atoms with Gasteiger partial charge in [-0.2, -0.15) is 0 Å². The highest BCUT2D eigenvalue weighted by atomic mass is 14.8. The first-order chi connectivity index (χ1) is 7.70. The largest absolute Gasteiger partial charge is 0.319 e. The van der Waals surface area contributed by atoms with E-state index in [4.69, 9.17) is 0 Å². The van der Waals surface area contributed by atoms with Crippen molar-refractivity contribution < 1.29 is 0 Å². The summed E-state index contributed by atoms with van der Waals surface area (Å²) in [6.07, 6.45) is 4.15. The molecule has 1 saturated carbocycles. The van der Waals surface area contributed by atoms with E-state index in [1.165, 1.54) is 30.4 Å². The lowest BCUT2D eigenvalue weighted by Crippen LogP contribution is -2.21. The van der Waals surface area contributed by atoms with E-state index < -0.39 is 0 Å². The van der Waals surface area contributed by atoms with Gasteiger partial charge in [-0.25, -0.2) is 0 Å². The average Bonchev–Trinajstić information content (AvgIpc) is 2.65. The Labute approximate surface area is 99.3 Å². The Kier molecular flexibility index (Phi) is 3.65. The molecule has 1 heteroatoms. The van der Waals surface area contributed by atoms with E-state index in [1.807, 2.05) is 0 Å². The molecule has 1 aliphatic carbocycles. The van der Waals surface area contributed by atoms with Crippen LogP contribution in [0, 0.1) is 19.8 Å². The van der Waals surface area contributed by atoms with Crippen molar-refractivity contribution in [2.45, 2.75) is 39.0 Å². The van der Waals surface area contributed by atoms with Crippen LogP contribution in [0.3, 0.4) is 0 Å². The Morgan fingerprint density at radius 3 is 2.44 bits per heavy atom. The van der Waals surface area contributed by atoms with Crippen molar-refractivity contribution in [1.29, 1.82) is 0 Å². The second-order valence-corrected chi connectivity index (χ2v) is 5.28. The van der Waals surface area contributed by atoms with Crippen molar-refractivity contribution in [3.63, 3.8) is 0 Å². The van der Waals surface area contributed by atoms with E-state index in [0.717, 1.165) is 18.4 Å². The Morgan fingerprint density at radius 2 is 1.81 bits per heavy atom. The number of nitrogens with one attached hydrogen (secondary N) is 1. The van der Waals surface area contributed by atoms with Crippen LogP contribution in [0.1, 0.15) is 41.9 Å². The van der Waals surface area contributed by atoms with Gasteiger partial charge >= 0.3 is 0 Å². The van der Waals surface area contributed by atoms with E-state index in [-0.39, 0.29) is 0 Å². The van der Waals surface area contributed by atoms with Gasteiger partial charge in [0.1, 0.15) is 0 Å². The number of benzene rings is 1. The number of rotatable bonds is 3. The molecule has 1 aromatic rings. The summed E-state index contributed by atoms with van der Waals surface area (Å²) in [5.41, 5.74) is 4.38. The summed E-state index contributed by atoms with van der Waals surface area (Å²) in [6, 6.07) is 7.03. The van der Waals surface area contributed by atoms with E-state index in [2.05, 4.69) is 44.4 Å². The van der Waals surface area contributed by atoms with Crippen molar-refractivity contribution in [3.8, 4) is 0 Å². The monoisotopic (exact) mass is 217 g/mol. The molecule has 0 aromatic heterocycles. The highest BCUT2D eigenvalue weighted by molar-refractivity contribution is 5.32. The molecular weight excluding hydrogens is 194 g/mol. The molecule has 0 amide bonds. The van der Waals surface area contributed by atoms with Crippen LogP contribution < -0.4 is 5.32 Å². The maximum Gasteiger partial charge on any atom is -0.00177 e. The van der Waals surface area contributed by atoms with Crippen molar-refractivity contribution in [1.82, 2.24) is 5.32 Å². The van der Waals surface area contributed by atoms with Gasteiger partial charge in [0.15, 0.2) is 0 Å². The van der Waals surface area contributed by atoms with Gasteiger partial charge < -0.3 is 5.32 Å². The first-order valence-electron chi connectivity index (χ1n) is 6.43. The molecule has 2 unspecified atom stereocenters. The number of hydrogen-bond donors (Lipinski definition) is 1. The van der Waals surface area contributed by atoms with Crippen LogP contribution in [-0.2, 0) is 0 Å². The summed E-state index contributed by atoms with van der Waals surface area (Å²) in [6.45, 7) is 5.58. The molecule has 1 fully saturated rings. The van der Waals surface area contributed by atoms with Gasteiger partial charge in [-0.1, -0.05) is 35.7 Å². The number of hydrogen-bond acceptors (Lipinski definition) is 1. The van der Waals surface area contributed by atoms with Crippen LogP contribution in [0.25, 0.3) is 0 Å². The minimum absolute atomic E-state index is 0.783. The molecular formula is C15H23N.